The number of pyridine rings is 1. The van der Waals surface area contributed by atoms with Crippen LogP contribution in [0.2, 0.25) is 0 Å². The number of hydrogen-bond donors (Lipinski definition) is 1. The van der Waals surface area contributed by atoms with Gasteiger partial charge in [0.05, 0.1) is 5.52 Å². The van der Waals surface area contributed by atoms with E-state index in [0.717, 1.165) is 9.86 Å². The van der Waals surface area contributed by atoms with Crippen molar-refractivity contribution in [3.8, 4) is 0 Å². The summed E-state index contributed by atoms with van der Waals surface area (Å²) < 4.78 is 0.928. The lowest BCUT2D eigenvalue weighted by molar-refractivity contribution is 0.321. The highest BCUT2D eigenvalue weighted by Gasteiger charge is 2.09. The van der Waals surface area contributed by atoms with Gasteiger partial charge in [-0.1, -0.05) is 38.8 Å². The van der Waals surface area contributed by atoms with Crippen molar-refractivity contribution in [2.24, 2.45) is 5.16 Å². The molecule has 0 spiro atoms. The Kier molecular flexibility index (Phi) is 2.88. The minimum Gasteiger partial charge on any atom is -0.410 e. The Morgan fingerprint density at radius 3 is 2.93 bits per heavy atom. The Hall–Kier alpha value is -1.13. The molecule has 3 nitrogen and oxygen atoms in total. The van der Waals surface area contributed by atoms with Gasteiger partial charge in [-0.2, -0.15) is 0 Å². The predicted molar refractivity (Wildman–Crippen MR) is 63.6 cm³/mol. The fourth-order valence-corrected chi connectivity index (χ4v) is 1.96. The molecule has 1 aromatic carbocycles. The molecule has 1 aromatic heterocycles. The summed E-state index contributed by atoms with van der Waals surface area (Å²) in [5.41, 5.74) is 1.31. The van der Waals surface area contributed by atoms with E-state index in [9.17, 15) is 0 Å². The molecule has 0 amide bonds. The van der Waals surface area contributed by atoms with E-state index < -0.39 is 0 Å². The fourth-order valence-electron chi connectivity index (χ4n) is 1.36. The summed E-state index contributed by atoms with van der Waals surface area (Å²) in [6.07, 6.45) is 1.67. The van der Waals surface area contributed by atoms with Crippen molar-refractivity contribution in [3.63, 3.8) is 0 Å². The number of benzene rings is 1. The maximum absolute atomic E-state index is 8.63. The number of hydrogen-bond acceptors (Lipinski definition) is 3. The zero-order valence-electron chi connectivity index (χ0n) is 7.48. The molecule has 0 unspecified atom stereocenters. The van der Waals surface area contributed by atoms with Gasteiger partial charge in [-0.05, 0) is 18.2 Å². The smallest absolute Gasteiger partial charge is 0.177 e. The van der Waals surface area contributed by atoms with E-state index in [2.05, 4.69) is 26.1 Å². The van der Waals surface area contributed by atoms with Crippen molar-refractivity contribution in [2.45, 2.75) is 0 Å². The third-order valence-electron chi connectivity index (χ3n) is 2.03. The van der Waals surface area contributed by atoms with Gasteiger partial charge in [0, 0.05) is 21.6 Å². The van der Waals surface area contributed by atoms with Gasteiger partial charge < -0.3 is 5.21 Å². The van der Waals surface area contributed by atoms with Crippen LogP contribution < -0.4 is 0 Å². The number of nitrogens with zero attached hydrogens (tertiary/aromatic N) is 2. The van der Waals surface area contributed by atoms with Crippen LogP contribution >= 0.6 is 27.5 Å². The third-order valence-corrected chi connectivity index (χ3v) is 3.00. The van der Waals surface area contributed by atoms with E-state index in [1.807, 2.05) is 18.2 Å². The van der Waals surface area contributed by atoms with Gasteiger partial charge in [-0.3, -0.25) is 4.98 Å². The Labute approximate surface area is 99.5 Å². The van der Waals surface area contributed by atoms with Gasteiger partial charge >= 0.3 is 0 Å². The highest BCUT2D eigenvalue weighted by molar-refractivity contribution is 9.10. The largest absolute Gasteiger partial charge is 0.410 e. The molecule has 15 heavy (non-hydrogen) atoms. The zero-order chi connectivity index (χ0) is 10.8. The predicted octanol–water partition coefficient (Wildman–Crippen LogP) is 3.37. The lowest BCUT2D eigenvalue weighted by Gasteiger charge is -2.04. The summed E-state index contributed by atoms with van der Waals surface area (Å²) in [5.74, 6) is 0. The van der Waals surface area contributed by atoms with Crippen LogP contribution in [0.3, 0.4) is 0 Å². The first-order chi connectivity index (χ1) is 7.24. The number of halogens is 2. The molecule has 1 heterocycles. The van der Waals surface area contributed by atoms with Crippen molar-refractivity contribution in [2.75, 3.05) is 0 Å². The summed E-state index contributed by atoms with van der Waals surface area (Å²) in [5, 5.41) is 12.6. The van der Waals surface area contributed by atoms with Crippen LogP contribution in [-0.4, -0.2) is 15.4 Å². The quantitative estimate of drug-likeness (QED) is 0.496. The Morgan fingerprint density at radius 1 is 1.40 bits per heavy atom. The SMILES string of the molecule is ON=C(Cl)c1ccc(Br)c2cccnc12. The molecule has 0 bridgehead atoms. The second kappa shape index (κ2) is 4.16. The topological polar surface area (TPSA) is 45.5 Å². The first kappa shape index (κ1) is 10.4. The molecule has 2 aromatic rings. The molecule has 0 aliphatic carbocycles. The van der Waals surface area contributed by atoms with Gasteiger partial charge in [0.1, 0.15) is 0 Å². The van der Waals surface area contributed by atoms with Crippen LogP contribution in [0.15, 0.2) is 40.1 Å². The molecule has 0 saturated heterocycles. The number of aromatic nitrogens is 1. The van der Waals surface area contributed by atoms with E-state index in [1.54, 1.807) is 12.3 Å². The minimum atomic E-state index is 0.0335. The molecule has 0 atom stereocenters. The van der Waals surface area contributed by atoms with Crippen LogP contribution in [0.25, 0.3) is 10.9 Å². The molecule has 0 radical (unpaired) electrons. The van der Waals surface area contributed by atoms with E-state index in [0.29, 0.717) is 11.1 Å². The van der Waals surface area contributed by atoms with Crippen molar-refractivity contribution in [3.05, 3.63) is 40.5 Å². The molecule has 0 aliphatic rings. The summed E-state index contributed by atoms with van der Waals surface area (Å²) in [4.78, 5) is 4.20. The van der Waals surface area contributed by atoms with Crippen molar-refractivity contribution < 1.29 is 5.21 Å². The summed E-state index contributed by atoms with van der Waals surface area (Å²) in [6.45, 7) is 0. The van der Waals surface area contributed by atoms with E-state index in [1.165, 1.54) is 0 Å². The average Bonchev–Trinajstić information content (AvgIpc) is 2.29. The van der Waals surface area contributed by atoms with Crippen LogP contribution in [0.1, 0.15) is 5.56 Å². The third kappa shape index (κ3) is 1.82. The molecule has 1 N–H and O–H groups in total. The fraction of sp³-hybridized carbons (Fsp3) is 0. The van der Waals surface area contributed by atoms with Crippen molar-refractivity contribution in [1.82, 2.24) is 4.98 Å². The van der Waals surface area contributed by atoms with Crippen LogP contribution in [-0.2, 0) is 0 Å². The lowest BCUT2D eigenvalue weighted by Crippen LogP contribution is -1.94. The Bertz CT molecular complexity index is 542. The van der Waals surface area contributed by atoms with Crippen LogP contribution in [0.4, 0.5) is 0 Å². The Balaban J connectivity index is 2.83. The number of oxime groups is 1. The summed E-state index contributed by atoms with van der Waals surface area (Å²) in [6, 6.07) is 7.34. The Morgan fingerprint density at radius 2 is 2.20 bits per heavy atom. The molecule has 0 fully saturated rings. The van der Waals surface area contributed by atoms with Gasteiger partial charge in [-0.15, -0.1) is 0 Å². The maximum atomic E-state index is 8.63. The lowest BCUT2D eigenvalue weighted by atomic mass is 10.1. The highest BCUT2D eigenvalue weighted by atomic mass is 79.9. The van der Waals surface area contributed by atoms with Gasteiger partial charge in [0.15, 0.2) is 5.17 Å². The first-order valence-electron chi connectivity index (χ1n) is 4.15. The standard InChI is InChI=1S/C10H6BrClN2O/c11-8-4-3-7(10(12)14-15)9-6(8)2-1-5-13-9/h1-5,15H. The monoisotopic (exact) mass is 284 g/mol. The van der Waals surface area contributed by atoms with E-state index >= 15 is 0 Å². The van der Waals surface area contributed by atoms with Crippen LogP contribution in [0, 0.1) is 0 Å². The zero-order valence-corrected chi connectivity index (χ0v) is 9.83. The average molecular weight is 286 g/mol. The summed E-state index contributed by atoms with van der Waals surface area (Å²) >= 11 is 9.18. The maximum Gasteiger partial charge on any atom is 0.177 e. The van der Waals surface area contributed by atoms with Crippen molar-refractivity contribution >= 4 is 43.6 Å². The molecule has 5 heteroatoms. The molecule has 76 valence electrons. The second-order valence-corrected chi connectivity index (χ2v) is 4.10. The van der Waals surface area contributed by atoms with Gasteiger partial charge in [0.2, 0.25) is 0 Å². The molecular formula is C10H6BrClN2O. The van der Waals surface area contributed by atoms with Crippen LogP contribution in [0.5, 0.6) is 0 Å². The first-order valence-corrected chi connectivity index (χ1v) is 5.32. The number of fused-ring (bicyclic) bond motifs is 1. The van der Waals surface area contributed by atoms with Gasteiger partial charge in [0.25, 0.3) is 0 Å². The van der Waals surface area contributed by atoms with Crippen molar-refractivity contribution in [1.29, 1.82) is 0 Å². The minimum absolute atomic E-state index is 0.0335. The molecule has 2 rings (SSSR count). The molecule has 0 saturated carbocycles. The van der Waals surface area contributed by atoms with E-state index in [-0.39, 0.29) is 5.17 Å². The normalized spacial score (nSPS) is 12.0. The highest BCUT2D eigenvalue weighted by Crippen LogP contribution is 2.26. The number of rotatable bonds is 1. The molecular weight excluding hydrogens is 279 g/mol. The molecule has 0 aliphatic heterocycles. The van der Waals surface area contributed by atoms with E-state index in [4.69, 9.17) is 16.8 Å². The van der Waals surface area contributed by atoms with Gasteiger partial charge in [-0.25, -0.2) is 0 Å². The summed E-state index contributed by atoms with van der Waals surface area (Å²) in [7, 11) is 0. The second-order valence-electron chi connectivity index (χ2n) is 2.89.